The Morgan fingerprint density at radius 1 is 1.23 bits per heavy atom. The summed E-state index contributed by atoms with van der Waals surface area (Å²) in [6, 6.07) is 0. The van der Waals surface area contributed by atoms with E-state index >= 15 is 0 Å². The molecule has 0 saturated heterocycles. The average molecular weight is 641 g/mol. The fourth-order valence-electron chi connectivity index (χ4n) is 1.74. The van der Waals surface area contributed by atoms with Crippen LogP contribution in [0.4, 0.5) is 11.4 Å². The Kier molecular flexibility index (Phi) is 7.78. The van der Waals surface area contributed by atoms with Crippen LogP contribution in [0.25, 0.3) is 0 Å². The molecule has 1 aromatic rings. The molecule has 1 aromatic carbocycles. The minimum atomic E-state index is -0.949. The first kappa shape index (κ1) is 19.9. The van der Waals surface area contributed by atoms with Crippen molar-refractivity contribution in [1.29, 1.82) is 0 Å². The standard InChI is InChI=1S/C13H14I3N3O3/c1-17-11-8(14)7(13(22)18-5-4-6(20)21)9(15)12(10(11)16)19(2)3/h1,4-5H2,2-3H3,(H,18,22)(H,20,21). The number of benzene rings is 1. The average Bonchev–Trinajstić information content (AvgIpc) is 2.37. The molecule has 0 unspecified atom stereocenters. The Bertz CT molecular complexity index is 633. The number of nitrogens with one attached hydrogen (secondary N) is 1. The number of amides is 1. The van der Waals surface area contributed by atoms with E-state index in [0.29, 0.717) is 14.8 Å². The van der Waals surface area contributed by atoms with Crippen LogP contribution in [0.15, 0.2) is 4.99 Å². The molecule has 6 nitrogen and oxygen atoms in total. The number of aliphatic imine (C=N–C) groups is 1. The molecular weight excluding hydrogens is 627 g/mol. The normalized spacial score (nSPS) is 10.2. The first-order chi connectivity index (χ1) is 10.2. The van der Waals surface area contributed by atoms with Gasteiger partial charge in [-0.1, -0.05) is 0 Å². The molecule has 120 valence electrons. The number of hydrogen-bond acceptors (Lipinski definition) is 4. The molecule has 0 aliphatic carbocycles. The number of carbonyl (C=O) groups excluding carboxylic acids is 1. The molecule has 0 atom stereocenters. The second-order valence-corrected chi connectivity index (χ2v) is 7.70. The van der Waals surface area contributed by atoms with Gasteiger partial charge >= 0.3 is 5.97 Å². The lowest BCUT2D eigenvalue weighted by atomic mass is 10.1. The summed E-state index contributed by atoms with van der Waals surface area (Å²) in [7, 11) is 3.79. The summed E-state index contributed by atoms with van der Waals surface area (Å²) in [5.41, 5.74) is 2.05. The Balaban J connectivity index is 3.34. The van der Waals surface area contributed by atoms with Crippen molar-refractivity contribution < 1.29 is 14.7 Å². The first-order valence-corrected chi connectivity index (χ1v) is 9.30. The van der Waals surface area contributed by atoms with Crippen molar-refractivity contribution in [3.8, 4) is 0 Å². The number of anilines is 1. The third-order valence-corrected chi connectivity index (χ3v) is 5.85. The van der Waals surface area contributed by atoms with Crippen molar-refractivity contribution >= 4 is 97.7 Å². The SMILES string of the molecule is C=Nc1c(I)c(C(=O)NCCC(=O)O)c(I)c(N(C)C)c1I. The van der Waals surface area contributed by atoms with E-state index in [4.69, 9.17) is 5.11 Å². The predicted octanol–water partition coefficient (Wildman–Crippen LogP) is 3.10. The van der Waals surface area contributed by atoms with Gasteiger partial charge in [0.25, 0.3) is 5.91 Å². The van der Waals surface area contributed by atoms with Crippen LogP contribution in [0.1, 0.15) is 16.8 Å². The predicted molar refractivity (Wildman–Crippen MR) is 113 cm³/mol. The minimum Gasteiger partial charge on any atom is -0.481 e. The molecule has 0 radical (unpaired) electrons. The summed E-state index contributed by atoms with van der Waals surface area (Å²) in [5.74, 6) is -1.26. The Hall–Kier alpha value is -0.180. The fraction of sp³-hybridized carbons (Fsp3) is 0.308. The van der Waals surface area contributed by atoms with E-state index < -0.39 is 5.97 Å². The Morgan fingerprint density at radius 2 is 1.82 bits per heavy atom. The Morgan fingerprint density at radius 3 is 2.27 bits per heavy atom. The zero-order valence-electron chi connectivity index (χ0n) is 11.9. The zero-order chi connectivity index (χ0) is 17.0. The summed E-state index contributed by atoms with van der Waals surface area (Å²) >= 11 is 6.39. The number of halogens is 3. The Labute approximate surface area is 169 Å². The summed E-state index contributed by atoms with van der Waals surface area (Å²) in [6.45, 7) is 3.66. The molecule has 0 heterocycles. The van der Waals surface area contributed by atoms with E-state index in [0.717, 1.165) is 12.8 Å². The van der Waals surface area contributed by atoms with Gasteiger partial charge in [0.05, 0.1) is 34.1 Å². The zero-order valence-corrected chi connectivity index (χ0v) is 18.4. The number of aliphatic carboxylic acids is 1. The molecule has 0 aromatic heterocycles. The van der Waals surface area contributed by atoms with Crippen molar-refractivity contribution in [2.75, 3.05) is 25.5 Å². The molecule has 9 heteroatoms. The maximum atomic E-state index is 12.4. The molecule has 1 rings (SSSR count). The van der Waals surface area contributed by atoms with E-state index in [9.17, 15) is 9.59 Å². The topological polar surface area (TPSA) is 82.0 Å². The highest BCUT2D eigenvalue weighted by molar-refractivity contribution is 14.1. The monoisotopic (exact) mass is 641 g/mol. The highest BCUT2D eigenvalue weighted by Gasteiger charge is 2.25. The summed E-state index contributed by atoms with van der Waals surface area (Å²) < 4.78 is 2.44. The van der Waals surface area contributed by atoms with Crippen LogP contribution >= 0.6 is 67.8 Å². The van der Waals surface area contributed by atoms with Crippen molar-refractivity contribution in [2.24, 2.45) is 4.99 Å². The molecule has 0 saturated carbocycles. The summed E-state index contributed by atoms with van der Waals surface area (Å²) in [5, 5.41) is 11.3. The number of carbonyl (C=O) groups is 2. The lowest BCUT2D eigenvalue weighted by Crippen LogP contribution is -2.28. The van der Waals surface area contributed by atoms with E-state index in [1.807, 2.05) is 19.0 Å². The van der Waals surface area contributed by atoms with Gasteiger partial charge in [-0.2, -0.15) is 0 Å². The van der Waals surface area contributed by atoms with Gasteiger partial charge in [-0.05, 0) is 74.5 Å². The number of hydrogen-bond donors (Lipinski definition) is 2. The van der Waals surface area contributed by atoms with Crippen LogP contribution in [0, 0.1) is 10.7 Å². The molecule has 22 heavy (non-hydrogen) atoms. The van der Waals surface area contributed by atoms with Crippen LogP contribution in [0.2, 0.25) is 0 Å². The molecule has 0 spiro atoms. The van der Waals surface area contributed by atoms with E-state index in [1.165, 1.54) is 0 Å². The molecule has 1 amide bonds. The highest BCUT2D eigenvalue weighted by atomic mass is 127. The second kappa shape index (κ2) is 8.61. The van der Waals surface area contributed by atoms with Gasteiger partial charge in [0, 0.05) is 20.6 Å². The van der Waals surface area contributed by atoms with Crippen LogP contribution < -0.4 is 10.2 Å². The van der Waals surface area contributed by atoms with E-state index in [1.54, 1.807) is 0 Å². The van der Waals surface area contributed by atoms with Gasteiger partial charge in [-0.15, -0.1) is 0 Å². The van der Waals surface area contributed by atoms with Crippen LogP contribution in [0.5, 0.6) is 0 Å². The molecule has 0 fully saturated rings. The van der Waals surface area contributed by atoms with Gasteiger partial charge in [0.15, 0.2) is 0 Å². The number of carboxylic acid groups (broad SMARTS) is 1. The van der Waals surface area contributed by atoms with Gasteiger partial charge < -0.3 is 15.3 Å². The molecule has 2 N–H and O–H groups in total. The van der Waals surface area contributed by atoms with Gasteiger partial charge in [0.1, 0.15) is 0 Å². The van der Waals surface area contributed by atoms with Crippen molar-refractivity contribution in [3.05, 3.63) is 16.3 Å². The lowest BCUT2D eigenvalue weighted by molar-refractivity contribution is -0.136. The largest absolute Gasteiger partial charge is 0.481 e. The van der Waals surface area contributed by atoms with Gasteiger partial charge in [-0.3, -0.25) is 14.6 Å². The smallest absolute Gasteiger partial charge is 0.305 e. The maximum Gasteiger partial charge on any atom is 0.305 e. The quantitative estimate of drug-likeness (QED) is 0.370. The van der Waals surface area contributed by atoms with E-state index in [-0.39, 0.29) is 18.9 Å². The van der Waals surface area contributed by atoms with Gasteiger partial charge in [-0.25, -0.2) is 0 Å². The first-order valence-electron chi connectivity index (χ1n) is 6.06. The van der Waals surface area contributed by atoms with Crippen molar-refractivity contribution in [2.45, 2.75) is 6.42 Å². The van der Waals surface area contributed by atoms with Crippen molar-refractivity contribution in [3.63, 3.8) is 0 Å². The molecule has 0 aliphatic rings. The minimum absolute atomic E-state index is 0.0838. The molecule has 0 aliphatic heterocycles. The van der Waals surface area contributed by atoms with E-state index in [2.05, 4.69) is 84.8 Å². The second-order valence-electron chi connectivity index (χ2n) is 4.47. The summed E-state index contributed by atoms with van der Waals surface area (Å²) in [6.07, 6.45) is -0.115. The van der Waals surface area contributed by atoms with Crippen molar-refractivity contribution in [1.82, 2.24) is 5.32 Å². The van der Waals surface area contributed by atoms with Crippen LogP contribution in [0.3, 0.4) is 0 Å². The van der Waals surface area contributed by atoms with Gasteiger partial charge in [0.2, 0.25) is 0 Å². The number of rotatable bonds is 6. The van der Waals surface area contributed by atoms with Crippen LogP contribution in [-0.4, -0.2) is 44.3 Å². The maximum absolute atomic E-state index is 12.4. The fourth-order valence-corrected chi connectivity index (χ4v) is 6.70. The highest BCUT2D eigenvalue weighted by Crippen LogP contribution is 2.41. The third kappa shape index (κ3) is 4.43. The number of nitrogens with zero attached hydrogens (tertiary/aromatic N) is 2. The lowest BCUT2D eigenvalue weighted by Gasteiger charge is -2.22. The number of carboxylic acids is 1. The summed E-state index contributed by atoms with van der Waals surface area (Å²) in [4.78, 5) is 28.9. The third-order valence-electron chi connectivity index (χ3n) is 2.73. The molecular formula is C13H14I3N3O3. The molecule has 0 bridgehead atoms. The van der Waals surface area contributed by atoms with Crippen LogP contribution in [-0.2, 0) is 4.79 Å².